The van der Waals surface area contributed by atoms with Gasteiger partial charge in [0.05, 0.1) is 16.6 Å². The predicted octanol–water partition coefficient (Wildman–Crippen LogP) is 10.8. The highest BCUT2D eigenvalue weighted by atomic mass is 15.1. The highest BCUT2D eigenvalue weighted by Gasteiger charge is 2.19. The van der Waals surface area contributed by atoms with Crippen molar-refractivity contribution in [3.63, 3.8) is 0 Å². The van der Waals surface area contributed by atoms with Gasteiger partial charge in [-0.2, -0.15) is 0 Å². The van der Waals surface area contributed by atoms with E-state index in [4.69, 9.17) is 15.0 Å². The first kappa shape index (κ1) is 27.0. The molecule has 0 aliphatic carbocycles. The summed E-state index contributed by atoms with van der Waals surface area (Å²) >= 11 is 0. The number of rotatable bonds is 5. The molecular weight excluding hydrogens is 573 g/mol. The van der Waals surface area contributed by atoms with Crippen LogP contribution in [0.25, 0.3) is 83.4 Å². The van der Waals surface area contributed by atoms with Crippen molar-refractivity contribution in [1.82, 2.24) is 19.5 Å². The maximum atomic E-state index is 5.16. The number of aromatic nitrogens is 4. The summed E-state index contributed by atoms with van der Waals surface area (Å²) in [5, 5.41) is 1.04. The fourth-order valence-corrected chi connectivity index (χ4v) is 6.51. The van der Waals surface area contributed by atoms with E-state index in [2.05, 4.69) is 138 Å². The molecular formula is C43H28N4. The third-order valence-electron chi connectivity index (χ3n) is 8.82. The zero-order chi connectivity index (χ0) is 31.2. The van der Waals surface area contributed by atoms with Crippen LogP contribution in [-0.2, 0) is 0 Å². The van der Waals surface area contributed by atoms with E-state index >= 15 is 0 Å². The summed E-state index contributed by atoms with van der Waals surface area (Å²) in [7, 11) is 0. The molecule has 0 radical (unpaired) electrons. The number of hydrogen-bond donors (Lipinski definition) is 0. The lowest BCUT2D eigenvalue weighted by molar-refractivity contribution is 1.06. The normalized spacial score (nSPS) is 11.4. The van der Waals surface area contributed by atoms with Crippen LogP contribution < -0.4 is 0 Å². The van der Waals surface area contributed by atoms with Gasteiger partial charge in [-0.15, -0.1) is 0 Å². The van der Waals surface area contributed by atoms with Crippen LogP contribution in [0.4, 0.5) is 0 Å². The van der Waals surface area contributed by atoms with E-state index in [1.807, 2.05) is 36.5 Å². The molecule has 0 amide bonds. The van der Waals surface area contributed by atoms with Crippen LogP contribution in [0.15, 0.2) is 170 Å². The van der Waals surface area contributed by atoms with Gasteiger partial charge in [-0.1, -0.05) is 109 Å². The Kier molecular flexibility index (Phi) is 6.43. The molecule has 0 bridgehead atoms. The molecule has 0 atom stereocenters. The van der Waals surface area contributed by atoms with Crippen molar-refractivity contribution >= 4 is 33.1 Å². The molecule has 3 heterocycles. The van der Waals surface area contributed by atoms with Crippen LogP contribution in [-0.4, -0.2) is 19.5 Å². The molecule has 0 spiro atoms. The van der Waals surface area contributed by atoms with Crippen LogP contribution in [0.1, 0.15) is 0 Å². The average molecular weight is 601 g/mol. The van der Waals surface area contributed by atoms with Crippen molar-refractivity contribution < 1.29 is 0 Å². The van der Waals surface area contributed by atoms with Gasteiger partial charge < -0.3 is 0 Å². The third-order valence-corrected chi connectivity index (χ3v) is 8.82. The number of hydrogen-bond acceptors (Lipinski definition) is 3. The van der Waals surface area contributed by atoms with Crippen LogP contribution in [0.2, 0.25) is 0 Å². The highest BCUT2D eigenvalue weighted by molar-refractivity contribution is 6.08. The standard InChI is InChI=1S/C43H28N4/c1-4-12-29(13-5-1)33-22-23-44-41(28-33)47-40-27-32(20-21-37(40)42-43(47)46-39-19-11-10-18-38(39)45-42)36-25-34(30-14-6-2-7-15-30)24-35(26-36)31-16-8-3-9-17-31/h1-28H. The SMILES string of the molecule is c1ccc(-c2cc(-c3ccccc3)cc(-c3ccc4c5nc6ccccc6nc5n(-c5cc(-c6ccccc6)ccn5)c4c3)c2)cc1. The van der Waals surface area contributed by atoms with Gasteiger partial charge in [0.25, 0.3) is 0 Å². The molecule has 6 aromatic carbocycles. The number of benzene rings is 6. The largest absolute Gasteiger partial charge is 0.276 e. The van der Waals surface area contributed by atoms with E-state index in [0.717, 1.165) is 61.2 Å². The molecule has 220 valence electrons. The molecule has 47 heavy (non-hydrogen) atoms. The summed E-state index contributed by atoms with van der Waals surface area (Å²) in [5.41, 5.74) is 13.6. The maximum absolute atomic E-state index is 5.16. The smallest absolute Gasteiger partial charge is 0.166 e. The van der Waals surface area contributed by atoms with Gasteiger partial charge in [0.15, 0.2) is 5.65 Å². The maximum Gasteiger partial charge on any atom is 0.166 e. The summed E-state index contributed by atoms with van der Waals surface area (Å²) in [6.45, 7) is 0. The first-order chi connectivity index (χ1) is 23.3. The lowest BCUT2D eigenvalue weighted by Crippen LogP contribution is -1.99. The Morgan fingerprint density at radius 2 is 0.894 bits per heavy atom. The molecule has 4 nitrogen and oxygen atoms in total. The number of para-hydroxylation sites is 2. The summed E-state index contributed by atoms with van der Waals surface area (Å²) in [6, 6.07) is 57.3. The van der Waals surface area contributed by atoms with Crippen LogP contribution >= 0.6 is 0 Å². The Labute approximate surface area is 272 Å². The fourth-order valence-electron chi connectivity index (χ4n) is 6.51. The molecule has 0 aliphatic heterocycles. The second-order valence-corrected chi connectivity index (χ2v) is 11.8. The molecule has 3 aromatic heterocycles. The van der Waals surface area contributed by atoms with E-state index in [1.54, 1.807) is 0 Å². The first-order valence-electron chi connectivity index (χ1n) is 15.8. The molecule has 0 N–H and O–H groups in total. The minimum absolute atomic E-state index is 0.788. The molecule has 0 aliphatic rings. The lowest BCUT2D eigenvalue weighted by atomic mass is 9.93. The zero-order valence-corrected chi connectivity index (χ0v) is 25.5. The zero-order valence-electron chi connectivity index (χ0n) is 25.5. The van der Waals surface area contributed by atoms with Crippen molar-refractivity contribution in [2.24, 2.45) is 0 Å². The van der Waals surface area contributed by atoms with Gasteiger partial charge in [-0.05, 0) is 99.1 Å². The fraction of sp³-hybridized carbons (Fsp3) is 0. The van der Waals surface area contributed by atoms with Crippen molar-refractivity contribution in [3.8, 4) is 50.3 Å². The van der Waals surface area contributed by atoms with E-state index in [9.17, 15) is 0 Å². The summed E-state index contributed by atoms with van der Waals surface area (Å²) in [5.74, 6) is 0.802. The summed E-state index contributed by atoms with van der Waals surface area (Å²) in [6.07, 6.45) is 1.88. The Bertz CT molecular complexity index is 2500. The topological polar surface area (TPSA) is 43.6 Å². The molecule has 0 saturated heterocycles. The molecule has 0 saturated carbocycles. The van der Waals surface area contributed by atoms with E-state index in [1.165, 1.54) is 22.3 Å². The van der Waals surface area contributed by atoms with Gasteiger partial charge >= 0.3 is 0 Å². The number of nitrogens with zero attached hydrogens (tertiary/aromatic N) is 4. The third kappa shape index (κ3) is 4.84. The highest BCUT2D eigenvalue weighted by Crippen LogP contribution is 2.37. The number of pyridine rings is 1. The Morgan fingerprint density at radius 1 is 0.383 bits per heavy atom. The van der Waals surface area contributed by atoms with E-state index < -0.39 is 0 Å². The van der Waals surface area contributed by atoms with Crippen LogP contribution in [0.3, 0.4) is 0 Å². The minimum atomic E-state index is 0.788. The Morgan fingerprint density at radius 3 is 1.51 bits per heavy atom. The summed E-state index contributed by atoms with van der Waals surface area (Å²) in [4.78, 5) is 15.2. The van der Waals surface area contributed by atoms with Crippen molar-refractivity contribution in [3.05, 3.63) is 170 Å². The summed E-state index contributed by atoms with van der Waals surface area (Å²) < 4.78 is 2.17. The van der Waals surface area contributed by atoms with E-state index in [-0.39, 0.29) is 0 Å². The second kappa shape index (κ2) is 11.2. The van der Waals surface area contributed by atoms with Gasteiger partial charge in [-0.3, -0.25) is 4.57 Å². The van der Waals surface area contributed by atoms with Crippen molar-refractivity contribution in [2.75, 3.05) is 0 Å². The average Bonchev–Trinajstić information content (AvgIpc) is 3.47. The van der Waals surface area contributed by atoms with Gasteiger partial charge in [-0.25, -0.2) is 15.0 Å². The van der Waals surface area contributed by atoms with Crippen molar-refractivity contribution in [1.29, 1.82) is 0 Å². The Balaban J connectivity index is 1.31. The molecule has 9 aromatic rings. The molecule has 9 rings (SSSR count). The van der Waals surface area contributed by atoms with Gasteiger partial charge in [0.2, 0.25) is 0 Å². The predicted molar refractivity (Wildman–Crippen MR) is 193 cm³/mol. The first-order valence-corrected chi connectivity index (χ1v) is 15.8. The molecule has 4 heteroatoms. The van der Waals surface area contributed by atoms with E-state index in [0.29, 0.717) is 0 Å². The number of fused-ring (bicyclic) bond motifs is 4. The second-order valence-electron chi connectivity index (χ2n) is 11.8. The van der Waals surface area contributed by atoms with Gasteiger partial charge in [0.1, 0.15) is 11.3 Å². The molecule has 0 fully saturated rings. The Hall–Kier alpha value is -6.39. The lowest BCUT2D eigenvalue weighted by Gasteiger charge is -2.12. The minimum Gasteiger partial charge on any atom is -0.276 e. The van der Waals surface area contributed by atoms with Crippen LogP contribution in [0, 0.1) is 0 Å². The molecule has 0 unspecified atom stereocenters. The van der Waals surface area contributed by atoms with Crippen molar-refractivity contribution in [2.45, 2.75) is 0 Å². The van der Waals surface area contributed by atoms with Crippen LogP contribution in [0.5, 0.6) is 0 Å². The monoisotopic (exact) mass is 600 g/mol. The van der Waals surface area contributed by atoms with Gasteiger partial charge in [0, 0.05) is 11.6 Å². The quantitative estimate of drug-likeness (QED) is 0.197.